The number of imidazole rings is 1. The first-order valence-corrected chi connectivity index (χ1v) is 11.8. The lowest BCUT2D eigenvalue weighted by molar-refractivity contribution is 0.281. The molecular weight excluding hydrogens is 410 g/mol. The Kier molecular flexibility index (Phi) is 5.83. The highest BCUT2D eigenvalue weighted by Gasteiger charge is 2.37. The van der Waals surface area contributed by atoms with Crippen molar-refractivity contribution in [3.8, 4) is 5.69 Å². The van der Waals surface area contributed by atoms with E-state index in [0.29, 0.717) is 23.4 Å². The van der Waals surface area contributed by atoms with Crippen LogP contribution in [0.3, 0.4) is 0 Å². The number of aryl methyl sites for hydroxylation is 2. The zero-order valence-corrected chi connectivity index (χ0v) is 18.8. The number of hydrogen-bond acceptors (Lipinski definition) is 4. The summed E-state index contributed by atoms with van der Waals surface area (Å²) in [5.74, 6) is 0. The van der Waals surface area contributed by atoms with Crippen LogP contribution < -0.4 is 0 Å². The predicted octanol–water partition coefficient (Wildman–Crippen LogP) is 4.12. The molecule has 0 aliphatic carbocycles. The van der Waals surface area contributed by atoms with Crippen LogP contribution in [0.5, 0.6) is 0 Å². The number of benzene rings is 2. The van der Waals surface area contributed by atoms with Crippen molar-refractivity contribution in [2.45, 2.75) is 39.8 Å². The lowest BCUT2D eigenvalue weighted by Gasteiger charge is -2.23. The molecule has 31 heavy (non-hydrogen) atoms. The average molecular weight is 438 g/mol. The smallest absolute Gasteiger partial charge is 0.239 e. The van der Waals surface area contributed by atoms with Gasteiger partial charge in [-0.1, -0.05) is 35.9 Å². The minimum Gasteiger partial charge on any atom is -0.392 e. The fourth-order valence-corrected chi connectivity index (χ4v) is 5.80. The standard InChI is InChI=1S/C24H27N3O3S/c1-17-4-7-21(8-5-17)19(3)27-11-10-23(31(27,29)30)13-20-6-9-24(22(12-20)15-28)26-14-18(2)25-16-26/h4-9,12-14,16,19,28H,10-11,15H2,1-3H3/b23-13+. The largest absolute Gasteiger partial charge is 0.392 e. The van der Waals surface area contributed by atoms with Gasteiger partial charge in [0.1, 0.15) is 0 Å². The van der Waals surface area contributed by atoms with E-state index in [1.165, 1.54) is 0 Å². The number of aliphatic hydroxyl groups is 1. The van der Waals surface area contributed by atoms with Gasteiger partial charge in [-0.3, -0.25) is 0 Å². The van der Waals surface area contributed by atoms with E-state index in [4.69, 9.17) is 0 Å². The van der Waals surface area contributed by atoms with Gasteiger partial charge in [0, 0.05) is 24.3 Å². The van der Waals surface area contributed by atoms with Gasteiger partial charge in [-0.05, 0) is 56.5 Å². The summed E-state index contributed by atoms with van der Waals surface area (Å²) in [5.41, 5.74) is 5.32. The minimum absolute atomic E-state index is 0.146. The molecule has 1 saturated heterocycles. The van der Waals surface area contributed by atoms with Gasteiger partial charge in [-0.15, -0.1) is 0 Å². The van der Waals surface area contributed by atoms with Crippen LogP contribution in [-0.4, -0.2) is 33.9 Å². The molecule has 7 heteroatoms. The zero-order valence-electron chi connectivity index (χ0n) is 18.0. The lowest BCUT2D eigenvalue weighted by atomic mass is 10.1. The molecule has 6 nitrogen and oxygen atoms in total. The molecule has 1 aliphatic heterocycles. The van der Waals surface area contributed by atoms with Crippen molar-refractivity contribution in [2.75, 3.05) is 6.54 Å². The van der Waals surface area contributed by atoms with Gasteiger partial charge in [0.2, 0.25) is 10.0 Å². The third kappa shape index (κ3) is 4.21. The zero-order chi connectivity index (χ0) is 22.2. The molecule has 0 bridgehead atoms. The van der Waals surface area contributed by atoms with Gasteiger partial charge < -0.3 is 9.67 Å². The lowest BCUT2D eigenvalue weighted by Crippen LogP contribution is -2.28. The second-order valence-electron chi connectivity index (χ2n) is 8.03. The van der Waals surface area contributed by atoms with Crippen molar-refractivity contribution in [2.24, 2.45) is 0 Å². The second kappa shape index (κ2) is 8.42. The number of aliphatic hydroxyl groups excluding tert-OH is 1. The van der Waals surface area contributed by atoms with Crippen LogP contribution in [0.4, 0.5) is 0 Å². The fourth-order valence-electron chi connectivity index (χ4n) is 3.99. The Bertz CT molecular complexity index is 1230. The van der Waals surface area contributed by atoms with Crippen molar-refractivity contribution >= 4 is 16.1 Å². The highest BCUT2D eigenvalue weighted by Crippen LogP contribution is 2.35. The molecule has 1 fully saturated rings. The monoisotopic (exact) mass is 437 g/mol. The van der Waals surface area contributed by atoms with Crippen LogP contribution in [0.2, 0.25) is 0 Å². The maximum absolute atomic E-state index is 13.2. The maximum atomic E-state index is 13.2. The third-order valence-corrected chi connectivity index (χ3v) is 7.90. The van der Waals surface area contributed by atoms with Gasteiger partial charge in [0.25, 0.3) is 0 Å². The van der Waals surface area contributed by atoms with Crippen LogP contribution in [0.1, 0.15) is 47.3 Å². The van der Waals surface area contributed by atoms with Gasteiger partial charge in [-0.25, -0.2) is 13.4 Å². The molecule has 3 aromatic rings. The van der Waals surface area contributed by atoms with Crippen LogP contribution in [0, 0.1) is 13.8 Å². The van der Waals surface area contributed by atoms with E-state index in [2.05, 4.69) is 4.98 Å². The normalized spacial score (nSPS) is 18.5. The number of nitrogens with zero attached hydrogens (tertiary/aromatic N) is 3. The van der Waals surface area contributed by atoms with E-state index in [0.717, 1.165) is 28.1 Å². The molecule has 1 aliphatic rings. The van der Waals surface area contributed by atoms with Crippen LogP contribution in [0.25, 0.3) is 11.8 Å². The Balaban J connectivity index is 1.62. The van der Waals surface area contributed by atoms with Gasteiger partial charge in [-0.2, -0.15) is 4.31 Å². The molecule has 1 aromatic heterocycles. The van der Waals surface area contributed by atoms with Crippen molar-refractivity contribution in [3.05, 3.63) is 87.8 Å². The molecular formula is C24H27N3O3S. The van der Waals surface area contributed by atoms with Crippen LogP contribution in [-0.2, 0) is 16.6 Å². The number of sulfonamides is 1. The molecule has 162 valence electrons. The quantitative estimate of drug-likeness (QED) is 0.652. The molecule has 1 unspecified atom stereocenters. The first-order valence-electron chi connectivity index (χ1n) is 10.3. The second-order valence-corrected chi connectivity index (χ2v) is 9.98. The maximum Gasteiger partial charge on any atom is 0.239 e. The van der Waals surface area contributed by atoms with E-state index in [-0.39, 0.29) is 12.6 Å². The van der Waals surface area contributed by atoms with E-state index in [1.807, 2.05) is 74.0 Å². The number of hydrogen-bond donors (Lipinski definition) is 1. The molecule has 0 spiro atoms. The summed E-state index contributed by atoms with van der Waals surface area (Å²) in [6, 6.07) is 13.3. The summed E-state index contributed by atoms with van der Waals surface area (Å²) in [4.78, 5) is 4.64. The first kappa shape index (κ1) is 21.5. The summed E-state index contributed by atoms with van der Waals surface area (Å²) in [5, 5.41) is 9.85. The van der Waals surface area contributed by atoms with E-state index < -0.39 is 10.0 Å². The van der Waals surface area contributed by atoms with Crippen molar-refractivity contribution < 1.29 is 13.5 Å². The molecule has 4 rings (SSSR count). The predicted molar refractivity (Wildman–Crippen MR) is 122 cm³/mol. The fraction of sp³-hybridized carbons (Fsp3) is 0.292. The highest BCUT2D eigenvalue weighted by molar-refractivity contribution is 7.93. The van der Waals surface area contributed by atoms with Crippen LogP contribution in [0.15, 0.2) is 59.9 Å². The van der Waals surface area contributed by atoms with Gasteiger partial charge in [0.15, 0.2) is 0 Å². The molecule has 0 radical (unpaired) electrons. The Morgan fingerprint density at radius 1 is 1.16 bits per heavy atom. The van der Waals surface area contributed by atoms with Crippen molar-refractivity contribution in [1.29, 1.82) is 0 Å². The molecule has 0 saturated carbocycles. The Labute approximate surface area is 183 Å². The third-order valence-electron chi connectivity index (χ3n) is 5.80. The van der Waals surface area contributed by atoms with E-state index in [1.54, 1.807) is 16.7 Å². The molecule has 0 amide bonds. The summed E-state index contributed by atoms with van der Waals surface area (Å²) < 4.78 is 29.9. The van der Waals surface area contributed by atoms with Crippen molar-refractivity contribution in [1.82, 2.24) is 13.9 Å². The Morgan fingerprint density at radius 2 is 1.90 bits per heavy atom. The molecule has 2 aromatic carbocycles. The molecule has 1 N–H and O–H groups in total. The Hall–Kier alpha value is -2.74. The summed E-state index contributed by atoms with van der Waals surface area (Å²) in [6.07, 6.45) is 5.78. The van der Waals surface area contributed by atoms with Crippen LogP contribution >= 0.6 is 0 Å². The molecule has 1 atom stereocenters. The average Bonchev–Trinajstić information content (AvgIpc) is 3.30. The number of aromatic nitrogens is 2. The Morgan fingerprint density at radius 3 is 2.55 bits per heavy atom. The van der Waals surface area contributed by atoms with Crippen molar-refractivity contribution in [3.63, 3.8) is 0 Å². The highest BCUT2D eigenvalue weighted by atomic mass is 32.2. The summed E-state index contributed by atoms with van der Waals surface area (Å²) >= 11 is 0. The summed E-state index contributed by atoms with van der Waals surface area (Å²) in [7, 11) is -3.55. The first-order chi connectivity index (χ1) is 14.8. The van der Waals surface area contributed by atoms with Gasteiger partial charge in [0.05, 0.1) is 29.2 Å². The van der Waals surface area contributed by atoms with E-state index in [9.17, 15) is 13.5 Å². The summed E-state index contributed by atoms with van der Waals surface area (Å²) in [6.45, 7) is 6.16. The molecule has 2 heterocycles. The topological polar surface area (TPSA) is 75.4 Å². The van der Waals surface area contributed by atoms with Gasteiger partial charge >= 0.3 is 0 Å². The number of rotatable bonds is 5. The SMILES string of the molecule is Cc1ccc(C(C)N2CC/C(=C\c3ccc(-n4cnc(C)c4)c(CO)c3)S2(=O)=O)cc1. The minimum atomic E-state index is -3.55. The van der Waals surface area contributed by atoms with E-state index >= 15 is 0 Å².